The topological polar surface area (TPSA) is 51.4 Å². The Bertz CT molecular complexity index is 506. The molecule has 0 aliphatic heterocycles. The second-order valence-corrected chi connectivity index (χ2v) is 5.15. The van der Waals surface area contributed by atoms with Crippen molar-refractivity contribution in [3.63, 3.8) is 0 Å². The van der Waals surface area contributed by atoms with Crippen molar-refractivity contribution in [2.24, 2.45) is 5.73 Å². The molecule has 0 aliphatic carbocycles. The molecular weight excluding hydrogens is 303 g/mol. The lowest BCUT2D eigenvalue weighted by Crippen LogP contribution is -2.36. The monoisotopic (exact) mass is 321 g/mol. The van der Waals surface area contributed by atoms with E-state index < -0.39 is 11.9 Å². The van der Waals surface area contributed by atoms with Crippen molar-refractivity contribution in [1.29, 1.82) is 0 Å². The molecule has 0 aliphatic rings. The van der Waals surface area contributed by atoms with E-state index in [2.05, 4.69) is 4.98 Å². The van der Waals surface area contributed by atoms with E-state index in [0.29, 0.717) is 18.7 Å². The fourth-order valence-corrected chi connectivity index (χ4v) is 1.98. The lowest BCUT2D eigenvalue weighted by molar-refractivity contribution is -0.141. The summed E-state index contributed by atoms with van der Waals surface area (Å²) >= 11 is 4.90. The molecule has 0 bridgehead atoms. The summed E-state index contributed by atoms with van der Waals surface area (Å²) in [6, 6.07) is 2.06. The van der Waals surface area contributed by atoms with Crippen LogP contribution in [0, 0.1) is 0 Å². The quantitative estimate of drug-likeness (QED) is 0.816. The lowest BCUT2D eigenvalue weighted by atomic mass is 10.2. The van der Waals surface area contributed by atoms with Crippen molar-refractivity contribution >= 4 is 23.0 Å². The van der Waals surface area contributed by atoms with E-state index in [9.17, 15) is 13.2 Å². The van der Waals surface area contributed by atoms with Gasteiger partial charge in [0, 0.05) is 19.7 Å². The van der Waals surface area contributed by atoms with Crippen molar-refractivity contribution in [3.8, 4) is 0 Å². The van der Waals surface area contributed by atoms with Crippen molar-refractivity contribution in [1.82, 2.24) is 4.98 Å². The van der Waals surface area contributed by atoms with E-state index in [1.807, 2.05) is 13.8 Å². The Morgan fingerprint density at radius 3 is 2.48 bits per heavy atom. The minimum Gasteiger partial charge on any atom is -0.389 e. The van der Waals surface area contributed by atoms with Crippen LogP contribution < -0.4 is 10.6 Å². The summed E-state index contributed by atoms with van der Waals surface area (Å²) in [4.78, 5) is 5.41. The molecule has 0 amide bonds. The molecule has 0 fully saturated rings. The second kappa shape index (κ2) is 7.04. The highest BCUT2D eigenvalue weighted by molar-refractivity contribution is 7.80. The summed E-state index contributed by atoms with van der Waals surface area (Å²) in [7, 11) is 1.52. The van der Waals surface area contributed by atoms with Crippen LogP contribution in [0.25, 0.3) is 0 Å². The maximum atomic E-state index is 12.8. The van der Waals surface area contributed by atoms with Crippen LogP contribution in [0.4, 0.5) is 19.0 Å². The number of pyridine rings is 1. The molecule has 0 atom stereocenters. The van der Waals surface area contributed by atoms with Gasteiger partial charge in [0.15, 0.2) is 0 Å². The number of thiocarbonyl (C=S) groups is 1. The second-order valence-electron chi connectivity index (χ2n) is 4.71. The maximum Gasteiger partial charge on any atom is 0.433 e. The zero-order chi connectivity index (χ0) is 16.2. The Hall–Kier alpha value is -1.41. The average Bonchev–Trinajstić information content (AvgIpc) is 2.37. The molecule has 0 saturated carbocycles. The van der Waals surface area contributed by atoms with Gasteiger partial charge in [0.05, 0.1) is 12.2 Å². The first-order valence-corrected chi connectivity index (χ1v) is 6.73. The third-order valence-corrected chi connectivity index (χ3v) is 3.08. The Kier molecular flexibility index (Phi) is 5.91. The van der Waals surface area contributed by atoms with Crippen molar-refractivity contribution in [2.75, 3.05) is 25.2 Å². The third-order valence-electron chi connectivity index (χ3n) is 2.86. The zero-order valence-corrected chi connectivity index (χ0v) is 12.9. The van der Waals surface area contributed by atoms with Crippen LogP contribution in [0.1, 0.15) is 25.1 Å². The van der Waals surface area contributed by atoms with E-state index in [1.165, 1.54) is 13.2 Å². The fourth-order valence-electron chi connectivity index (χ4n) is 1.82. The number of hydrogen-bond donors (Lipinski definition) is 1. The first kappa shape index (κ1) is 17.6. The number of nitrogens with two attached hydrogens (primary N) is 1. The Morgan fingerprint density at radius 1 is 1.43 bits per heavy atom. The molecule has 118 valence electrons. The van der Waals surface area contributed by atoms with Crippen LogP contribution in [0.15, 0.2) is 12.1 Å². The SMILES string of the molecule is COCCN(c1nc(C(F)(F)F)ccc1C(N)=S)C(C)C. The van der Waals surface area contributed by atoms with Crippen molar-refractivity contribution < 1.29 is 17.9 Å². The number of methoxy groups -OCH3 is 1. The zero-order valence-electron chi connectivity index (χ0n) is 12.1. The summed E-state index contributed by atoms with van der Waals surface area (Å²) in [5, 5.41) is 0. The van der Waals surface area contributed by atoms with Crippen LogP contribution in [-0.4, -0.2) is 36.3 Å². The summed E-state index contributed by atoms with van der Waals surface area (Å²) < 4.78 is 43.5. The van der Waals surface area contributed by atoms with Gasteiger partial charge < -0.3 is 15.4 Å². The van der Waals surface area contributed by atoms with Crippen molar-refractivity contribution in [3.05, 3.63) is 23.4 Å². The predicted octanol–water partition coefficient (Wildman–Crippen LogP) is 2.60. The molecule has 4 nitrogen and oxygen atoms in total. The number of nitrogens with zero attached hydrogens (tertiary/aromatic N) is 2. The summed E-state index contributed by atoms with van der Waals surface area (Å²) in [6.45, 7) is 4.44. The van der Waals surface area contributed by atoms with Crippen LogP contribution in [0.5, 0.6) is 0 Å². The molecule has 8 heteroatoms. The largest absolute Gasteiger partial charge is 0.433 e. The Morgan fingerprint density at radius 2 is 2.05 bits per heavy atom. The molecule has 0 radical (unpaired) electrons. The van der Waals surface area contributed by atoms with Gasteiger partial charge >= 0.3 is 6.18 Å². The van der Waals surface area contributed by atoms with Gasteiger partial charge in [0.1, 0.15) is 16.5 Å². The minimum atomic E-state index is -4.52. The number of ether oxygens (including phenoxy) is 1. The fraction of sp³-hybridized carbons (Fsp3) is 0.538. The molecule has 1 rings (SSSR count). The van der Waals surface area contributed by atoms with E-state index in [4.69, 9.17) is 22.7 Å². The molecule has 1 aromatic rings. The van der Waals surface area contributed by atoms with Gasteiger partial charge in [0.2, 0.25) is 0 Å². The normalized spacial score (nSPS) is 11.8. The molecule has 0 aromatic carbocycles. The van der Waals surface area contributed by atoms with Crippen LogP contribution in [0.2, 0.25) is 0 Å². The van der Waals surface area contributed by atoms with E-state index in [0.717, 1.165) is 6.07 Å². The minimum absolute atomic E-state index is 0.00860. The van der Waals surface area contributed by atoms with Crippen LogP contribution in [0.3, 0.4) is 0 Å². The maximum absolute atomic E-state index is 12.8. The molecule has 1 heterocycles. The average molecular weight is 321 g/mol. The summed E-state index contributed by atoms with van der Waals surface area (Å²) in [6.07, 6.45) is -4.52. The van der Waals surface area contributed by atoms with Crippen LogP contribution in [-0.2, 0) is 10.9 Å². The van der Waals surface area contributed by atoms with E-state index in [1.54, 1.807) is 4.90 Å². The lowest BCUT2D eigenvalue weighted by Gasteiger charge is -2.29. The number of halogens is 3. The van der Waals surface area contributed by atoms with Gasteiger partial charge in [0.25, 0.3) is 0 Å². The highest BCUT2D eigenvalue weighted by Crippen LogP contribution is 2.31. The van der Waals surface area contributed by atoms with Gasteiger partial charge in [-0.05, 0) is 26.0 Å². The first-order chi connectivity index (χ1) is 9.68. The number of aromatic nitrogens is 1. The molecule has 2 N–H and O–H groups in total. The summed E-state index contributed by atoms with van der Waals surface area (Å²) in [5.74, 6) is 0.129. The predicted molar refractivity (Wildman–Crippen MR) is 79.5 cm³/mol. The number of hydrogen-bond acceptors (Lipinski definition) is 4. The molecular formula is C13H18F3N3OS. The molecule has 0 spiro atoms. The van der Waals surface area contributed by atoms with Gasteiger partial charge in [-0.1, -0.05) is 12.2 Å². The molecule has 1 aromatic heterocycles. The number of rotatable bonds is 6. The summed E-state index contributed by atoms with van der Waals surface area (Å²) in [5.41, 5.74) is 4.94. The third kappa shape index (κ3) is 4.53. The van der Waals surface area contributed by atoms with Crippen LogP contribution >= 0.6 is 12.2 Å². The highest BCUT2D eigenvalue weighted by Gasteiger charge is 2.34. The van der Waals surface area contributed by atoms with E-state index in [-0.39, 0.29) is 16.8 Å². The van der Waals surface area contributed by atoms with Gasteiger partial charge in [-0.25, -0.2) is 4.98 Å². The molecule has 21 heavy (non-hydrogen) atoms. The van der Waals surface area contributed by atoms with Gasteiger partial charge in [-0.3, -0.25) is 0 Å². The van der Waals surface area contributed by atoms with Gasteiger partial charge in [-0.15, -0.1) is 0 Å². The molecule has 0 saturated heterocycles. The van der Waals surface area contributed by atoms with E-state index >= 15 is 0 Å². The first-order valence-electron chi connectivity index (χ1n) is 6.32. The molecule has 0 unspecified atom stereocenters. The highest BCUT2D eigenvalue weighted by atomic mass is 32.1. The smallest absolute Gasteiger partial charge is 0.389 e. The van der Waals surface area contributed by atoms with Gasteiger partial charge in [-0.2, -0.15) is 13.2 Å². The van der Waals surface area contributed by atoms with Crippen molar-refractivity contribution in [2.45, 2.75) is 26.1 Å². The standard InChI is InChI=1S/C13H18F3N3OS/c1-8(2)19(6-7-20-3)12-9(11(17)21)4-5-10(18-12)13(14,15)16/h4-5,8H,6-7H2,1-3H3,(H2,17,21). The number of alkyl halides is 3. The Balaban J connectivity index is 3.35. The Labute approximate surface area is 127 Å². The number of anilines is 1.